The average Bonchev–Trinajstić information content (AvgIpc) is 2.91. The number of carbonyl (C=O) groups excluding carboxylic acids is 4. The van der Waals surface area contributed by atoms with Crippen molar-refractivity contribution >= 4 is 23.7 Å². The van der Waals surface area contributed by atoms with Crippen LogP contribution in [0.4, 0.5) is 0 Å². The fourth-order valence-electron chi connectivity index (χ4n) is 2.83. The van der Waals surface area contributed by atoms with Crippen LogP contribution >= 0.6 is 0 Å². The van der Waals surface area contributed by atoms with Gasteiger partial charge >= 0.3 is 5.97 Å². The normalized spacial score (nSPS) is 16.5. The molecule has 8 heteroatoms. The number of fused-ring (bicyclic) bond motifs is 1. The van der Waals surface area contributed by atoms with Gasteiger partial charge in [0.25, 0.3) is 17.7 Å². The fourth-order valence-corrected chi connectivity index (χ4v) is 2.83. The van der Waals surface area contributed by atoms with E-state index in [1.54, 1.807) is 4.90 Å². The first-order valence-corrected chi connectivity index (χ1v) is 8.16. The second-order valence-corrected chi connectivity index (χ2v) is 5.84. The van der Waals surface area contributed by atoms with Crippen molar-refractivity contribution < 1.29 is 28.7 Å². The van der Waals surface area contributed by atoms with Gasteiger partial charge in [0, 0.05) is 19.6 Å². The molecule has 1 aromatic rings. The molecule has 0 aromatic heterocycles. The van der Waals surface area contributed by atoms with Crippen LogP contribution in [-0.4, -0.2) is 72.9 Å². The van der Waals surface area contributed by atoms with Crippen LogP contribution in [-0.2, 0) is 14.3 Å². The summed E-state index contributed by atoms with van der Waals surface area (Å²) < 4.78 is 10.2. The van der Waals surface area contributed by atoms with Gasteiger partial charge in [-0.05, 0) is 18.2 Å². The van der Waals surface area contributed by atoms with E-state index in [1.807, 2.05) is 0 Å². The summed E-state index contributed by atoms with van der Waals surface area (Å²) in [4.78, 5) is 51.2. The Balaban J connectivity index is 1.66. The van der Waals surface area contributed by atoms with Crippen molar-refractivity contribution in [2.45, 2.75) is 0 Å². The topological polar surface area (TPSA) is 93.2 Å². The first-order chi connectivity index (χ1) is 12.5. The number of rotatable bonds is 5. The van der Waals surface area contributed by atoms with E-state index in [2.05, 4.69) is 6.58 Å². The summed E-state index contributed by atoms with van der Waals surface area (Å²) in [6.07, 6.45) is 1.45. The predicted molar refractivity (Wildman–Crippen MR) is 89.7 cm³/mol. The number of esters is 1. The molecule has 26 heavy (non-hydrogen) atoms. The van der Waals surface area contributed by atoms with Crippen LogP contribution in [0.25, 0.3) is 0 Å². The van der Waals surface area contributed by atoms with Crippen molar-refractivity contribution in [1.29, 1.82) is 0 Å². The summed E-state index contributed by atoms with van der Waals surface area (Å²) in [5.74, 6) is -1.93. The Morgan fingerprint density at radius 1 is 1.15 bits per heavy atom. The zero-order valence-corrected chi connectivity index (χ0v) is 14.1. The monoisotopic (exact) mass is 358 g/mol. The standard InChI is InChI=1S/C18H18N2O6/c1-2-5-20-16(22)13-4-3-12(10-14(13)17(20)23)18(24)26-11-15(21)19-6-8-25-9-7-19/h2-4,10H,1,5-9,11H2. The molecule has 0 saturated carbocycles. The fraction of sp³-hybridized carbons (Fsp3) is 0.333. The van der Waals surface area contributed by atoms with Gasteiger partial charge in [0.1, 0.15) is 0 Å². The van der Waals surface area contributed by atoms with Crippen LogP contribution < -0.4 is 0 Å². The van der Waals surface area contributed by atoms with Crippen LogP contribution in [0.1, 0.15) is 31.1 Å². The lowest BCUT2D eigenvalue weighted by Gasteiger charge is -2.26. The van der Waals surface area contributed by atoms with Crippen LogP contribution in [0.15, 0.2) is 30.9 Å². The largest absolute Gasteiger partial charge is 0.452 e. The second-order valence-electron chi connectivity index (χ2n) is 5.84. The van der Waals surface area contributed by atoms with Crippen molar-refractivity contribution in [2.24, 2.45) is 0 Å². The van der Waals surface area contributed by atoms with Crippen molar-refractivity contribution in [3.8, 4) is 0 Å². The predicted octanol–water partition coefficient (Wildman–Crippen LogP) is 0.484. The maximum Gasteiger partial charge on any atom is 0.338 e. The van der Waals surface area contributed by atoms with E-state index in [0.29, 0.717) is 26.3 Å². The number of imide groups is 1. The van der Waals surface area contributed by atoms with Crippen molar-refractivity contribution in [3.63, 3.8) is 0 Å². The number of benzene rings is 1. The number of nitrogens with zero attached hydrogens (tertiary/aromatic N) is 2. The maximum atomic E-state index is 12.3. The smallest absolute Gasteiger partial charge is 0.338 e. The van der Waals surface area contributed by atoms with Crippen molar-refractivity contribution in [1.82, 2.24) is 9.80 Å². The average molecular weight is 358 g/mol. The van der Waals surface area contributed by atoms with Crippen molar-refractivity contribution in [3.05, 3.63) is 47.5 Å². The molecule has 1 fully saturated rings. The minimum atomic E-state index is -0.725. The van der Waals surface area contributed by atoms with Gasteiger partial charge in [-0.15, -0.1) is 6.58 Å². The highest BCUT2D eigenvalue weighted by Crippen LogP contribution is 2.24. The van der Waals surface area contributed by atoms with Gasteiger partial charge in [0.05, 0.1) is 29.9 Å². The summed E-state index contributed by atoms with van der Waals surface area (Å²) in [7, 11) is 0. The number of ether oxygens (including phenoxy) is 2. The third-order valence-electron chi connectivity index (χ3n) is 4.21. The lowest BCUT2D eigenvalue weighted by Crippen LogP contribution is -2.42. The van der Waals surface area contributed by atoms with E-state index in [1.165, 1.54) is 24.3 Å². The Morgan fingerprint density at radius 2 is 1.85 bits per heavy atom. The van der Waals surface area contributed by atoms with E-state index in [0.717, 1.165) is 4.90 Å². The summed E-state index contributed by atoms with van der Waals surface area (Å²) in [6, 6.07) is 4.14. The molecule has 0 spiro atoms. The second kappa shape index (κ2) is 7.49. The molecule has 0 N–H and O–H groups in total. The summed E-state index contributed by atoms with van der Waals surface area (Å²) in [6.45, 7) is 5.08. The van der Waals surface area contributed by atoms with E-state index >= 15 is 0 Å². The molecule has 8 nitrogen and oxygen atoms in total. The van der Waals surface area contributed by atoms with Gasteiger partial charge < -0.3 is 14.4 Å². The highest BCUT2D eigenvalue weighted by Gasteiger charge is 2.35. The molecule has 3 amide bonds. The number of amides is 3. The third-order valence-corrected chi connectivity index (χ3v) is 4.21. The van der Waals surface area contributed by atoms with Gasteiger partial charge in [-0.3, -0.25) is 19.3 Å². The zero-order valence-electron chi connectivity index (χ0n) is 14.1. The summed E-state index contributed by atoms with van der Waals surface area (Å²) in [5, 5.41) is 0. The molecule has 0 aliphatic carbocycles. The Labute approximate surface area is 150 Å². The molecule has 0 bridgehead atoms. The van der Waals surface area contributed by atoms with E-state index in [-0.39, 0.29) is 35.7 Å². The molecule has 2 aliphatic rings. The molecule has 2 heterocycles. The number of hydrogen-bond donors (Lipinski definition) is 0. The number of carbonyl (C=O) groups is 4. The number of morpholine rings is 1. The minimum absolute atomic E-state index is 0.0974. The van der Waals surface area contributed by atoms with Crippen LogP contribution in [0, 0.1) is 0 Å². The van der Waals surface area contributed by atoms with Gasteiger partial charge in [-0.2, -0.15) is 0 Å². The van der Waals surface area contributed by atoms with Crippen molar-refractivity contribution in [2.75, 3.05) is 39.5 Å². The summed E-state index contributed by atoms with van der Waals surface area (Å²) in [5.41, 5.74) is 0.490. The molecule has 0 radical (unpaired) electrons. The maximum absolute atomic E-state index is 12.3. The molecular formula is C18H18N2O6. The molecule has 2 aliphatic heterocycles. The van der Waals surface area contributed by atoms with Gasteiger partial charge in [-0.1, -0.05) is 6.08 Å². The van der Waals surface area contributed by atoms with Crippen LogP contribution in [0.2, 0.25) is 0 Å². The Kier molecular flexibility index (Phi) is 5.13. The quantitative estimate of drug-likeness (QED) is 0.432. The highest BCUT2D eigenvalue weighted by molar-refractivity contribution is 6.22. The Morgan fingerprint density at radius 3 is 2.54 bits per heavy atom. The van der Waals surface area contributed by atoms with E-state index < -0.39 is 17.8 Å². The first-order valence-electron chi connectivity index (χ1n) is 8.16. The molecule has 0 unspecified atom stereocenters. The van der Waals surface area contributed by atoms with Gasteiger partial charge in [0.15, 0.2) is 6.61 Å². The molecule has 1 saturated heterocycles. The Hall–Kier alpha value is -3.00. The van der Waals surface area contributed by atoms with E-state index in [4.69, 9.17) is 9.47 Å². The lowest BCUT2D eigenvalue weighted by atomic mass is 10.1. The van der Waals surface area contributed by atoms with Gasteiger partial charge in [0.2, 0.25) is 0 Å². The van der Waals surface area contributed by atoms with E-state index in [9.17, 15) is 19.2 Å². The molecule has 136 valence electrons. The minimum Gasteiger partial charge on any atom is -0.452 e. The third kappa shape index (κ3) is 3.36. The van der Waals surface area contributed by atoms with Crippen LogP contribution in [0.3, 0.4) is 0 Å². The molecule has 3 rings (SSSR count). The number of hydrogen-bond acceptors (Lipinski definition) is 6. The highest BCUT2D eigenvalue weighted by atomic mass is 16.5. The summed E-state index contributed by atoms with van der Waals surface area (Å²) >= 11 is 0. The zero-order chi connectivity index (χ0) is 18.7. The molecule has 0 atom stereocenters. The van der Waals surface area contributed by atoms with Crippen LogP contribution in [0.5, 0.6) is 0 Å². The molecular weight excluding hydrogens is 340 g/mol. The lowest BCUT2D eigenvalue weighted by molar-refractivity contribution is -0.138. The molecule has 1 aromatic carbocycles. The Bertz CT molecular complexity index is 782. The SMILES string of the molecule is C=CCN1C(=O)c2ccc(C(=O)OCC(=O)N3CCOCC3)cc2C1=O. The van der Waals surface area contributed by atoms with Gasteiger partial charge in [-0.25, -0.2) is 4.79 Å². The first kappa shape index (κ1) is 17.8.